The number of aliphatic hydroxyl groups excluding tert-OH is 1. The molecule has 42 valence electrons. The standard InChI is InChI=1S/C3H3I3O/c4-2(1-7)3(5)6/h7H,1H2. The Hall–Kier alpha value is 1.89. The van der Waals surface area contributed by atoms with Gasteiger partial charge < -0.3 is 5.11 Å². The zero-order valence-corrected chi connectivity index (χ0v) is 9.76. The topological polar surface area (TPSA) is 20.2 Å². The van der Waals surface area contributed by atoms with E-state index in [0.717, 1.165) is 5.17 Å². The van der Waals surface area contributed by atoms with Crippen LogP contribution in [-0.4, -0.2) is 11.7 Å². The van der Waals surface area contributed by atoms with Gasteiger partial charge in [-0.15, -0.1) is 0 Å². The van der Waals surface area contributed by atoms with Crippen molar-refractivity contribution in [2.24, 2.45) is 0 Å². The molecule has 0 amide bonds. The molecule has 0 rings (SSSR count). The maximum Gasteiger partial charge on any atom is 0.0754 e. The molecule has 0 aromatic rings. The second kappa shape index (κ2) is 4.74. The third-order valence-electron chi connectivity index (χ3n) is 0.344. The van der Waals surface area contributed by atoms with Crippen molar-refractivity contribution in [1.82, 2.24) is 0 Å². The lowest BCUT2D eigenvalue weighted by Crippen LogP contribution is -1.77. The Labute approximate surface area is 83.4 Å². The minimum Gasteiger partial charge on any atom is -0.391 e. The molecule has 0 fully saturated rings. The Balaban J connectivity index is 3.72. The van der Waals surface area contributed by atoms with E-state index in [2.05, 4.69) is 67.8 Å². The van der Waals surface area contributed by atoms with Crippen molar-refractivity contribution < 1.29 is 5.11 Å². The molecule has 1 nitrogen and oxygen atoms in total. The molecule has 0 bridgehead atoms. The lowest BCUT2D eigenvalue weighted by molar-refractivity contribution is 0.341. The third kappa shape index (κ3) is 4.40. The van der Waals surface area contributed by atoms with Gasteiger partial charge in [-0.2, -0.15) is 0 Å². The van der Waals surface area contributed by atoms with Gasteiger partial charge in [0.1, 0.15) is 0 Å². The van der Waals surface area contributed by atoms with Crippen LogP contribution in [0.15, 0.2) is 5.17 Å². The summed E-state index contributed by atoms with van der Waals surface area (Å²) in [5.41, 5.74) is 0. The Morgan fingerprint density at radius 1 is 1.29 bits per heavy atom. The van der Waals surface area contributed by atoms with Crippen LogP contribution in [0.1, 0.15) is 0 Å². The van der Waals surface area contributed by atoms with Crippen LogP contribution in [-0.2, 0) is 0 Å². The minimum absolute atomic E-state index is 0.168. The van der Waals surface area contributed by atoms with Crippen molar-refractivity contribution in [3.05, 3.63) is 5.17 Å². The van der Waals surface area contributed by atoms with E-state index in [9.17, 15) is 0 Å². The number of halogens is 3. The summed E-state index contributed by atoms with van der Waals surface area (Å²) >= 11 is 6.44. The first-order valence-corrected chi connectivity index (χ1v) is 4.72. The molecule has 0 aliphatic carbocycles. The fourth-order valence-corrected chi connectivity index (χ4v) is 0.401. The number of hydrogen-bond donors (Lipinski definition) is 1. The molecule has 0 heterocycles. The highest BCUT2D eigenvalue weighted by Gasteiger charge is 1.90. The van der Waals surface area contributed by atoms with Gasteiger partial charge in [0.15, 0.2) is 0 Å². The number of aliphatic hydroxyl groups is 1. The fraction of sp³-hybridized carbons (Fsp3) is 0.333. The first kappa shape index (κ1) is 8.89. The fourth-order valence-electron chi connectivity index (χ4n) is 0.0598. The average molecular weight is 436 g/mol. The zero-order chi connectivity index (χ0) is 5.86. The van der Waals surface area contributed by atoms with Crippen molar-refractivity contribution >= 4 is 67.8 Å². The predicted octanol–water partition coefficient (Wildman–Crippen LogP) is 2.45. The molecule has 1 N–H and O–H groups in total. The van der Waals surface area contributed by atoms with E-state index in [1.54, 1.807) is 0 Å². The van der Waals surface area contributed by atoms with Crippen LogP contribution in [0, 0.1) is 0 Å². The summed E-state index contributed by atoms with van der Waals surface area (Å²) in [7, 11) is 0. The second-order valence-corrected chi connectivity index (χ2v) is 6.35. The molecule has 0 aliphatic rings. The van der Waals surface area contributed by atoms with Crippen LogP contribution in [0.5, 0.6) is 0 Å². The largest absolute Gasteiger partial charge is 0.391 e. The number of hydrogen-bond acceptors (Lipinski definition) is 1. The van der Waals surface area contributed by atoms with Crippen molar-refractivity contribution in [3.8, 4) is 0 Å². The zero-order valence-electron chi connectivity index (χ0n) is 3.29. The smallest absolute Gasteiger partial charge is 0.0754 e. The summed E-state index contributed by atoms with van der Waals surface area (Å²) in [4.78, 5) is 0. The molecule has 0 radical (unpaired) electrons. The molecule has 0 saturated heterocycles. The third-order valence-corrected chi connectivity index (χ3v) is 4.59. The Bertz CT molecular complexity index is 84.2. The quantitative estimate of drug-likeness (QED) is 0.627. The lowest BCUT2D eigenvalue weighted by Gasteiger charge is -1.88. The van der Waals surface area contributed by atoms with Gasteiger partial charge in [-0.25, -0.2) is 0 Å². The normalized spacial score (nSPS) is 8.57. The van der Waals surface area contributed by atoms with E-state index in [-0.39, 0.29) is 6.61 Å². The molecular weight excluding hydrogens is 433 g/mol. The summed E-state index contributed by atoms with van der Waals surface area (Å²) in [6, 6.07) is 0. The van der Waals surface area contributed by atoms with Gasteiger partial charge in [-0.1, -0.05) is 0 Å². The van der Waals surface area contributed by atoms with Crippen LogP contribution in [0.4, 0.5) is 0 Å². The summed E-state index contributed by atoms with van der Waals surface area (Å²) in [6.07, 6.45) is 0. The van der Waals surface area contributed by atoms with E-state index in [4.69, 9.17) is 5.11 Å². The van der Waals surface area contributed by atoms with Crippen LogP contribution in [0.25, 0.3) is 0 Å². The summed E-state index contributed by atoms with van der Waals surface area (Å²) in [5, 5.41) is 8.43. The van der Waals surface area contributed by atoms with E-state index in [0.29, 0.717) is 0 Å². The van der Waals surface area contributed by atoms with Gasteiger partial charge in [0.2, 0.25) is 0 Å². The van der Waals surface area contributed by atoms with Crippen molar-refractivity contribution in [3.63, 3.8) is 0 Å². The highest BCUT2D eigenvalue weighted by Crippen LogP contribution is 2.24. The maximum absolute atomic E-state index is 8.43. The minimum atomic E-state index is 0.168. The summed E-state index contributed by atoms with van der Waals surface area (Å²) < 4.78 is 2.15. The molecule has 0 aromatic carbocycles. The molecule has 0 spiro atoms. The summed E-state index contributed by atoms with van der Waals surface area (Å²) in [6.45, 7) is 0.168. The van der Waals surface area contributed by atoms with Gasteiger partial charge >= 0.3 is 0 Å². The highest BCUT2D eigenvalue weighted by molar-refractivity contribution is 14.2. The highest BCUT2D eigenvalue weighted by atomic mass is 127. The summed E-state index contributed by atoms with van der Waals surface area (Å²) in [5.74, 6) is 0. The van der Waals surface area contributed by atoms with Crippen molar-refractivity contribution in [2.45, 2.75) is 0 Å². The second-order valence-electron chi connectivity index (χ2n) is 0.823. The lowest BCUT2D eigenvalue weighted by atomic mass is 10.7. The molecule has 0 aliphatic heterocycles. The Kier molecular flexibility index (Phi) is 6.02. The maximum atomic E-state index is 8.43. The van der Waals surface area contributed by atoms with Gasteiger partial charge in [-0.3, -0.25) is 0 Å². The van der Waals surface area contributed by atoms with Crippen molar-refractivity contribution in [1.29, 1.82) is 0 Å². The van der Waals surface area contributed by atoms with E-state index in [1.165, 1.54) is 0 Å². The van der Waals surface area contributed by atoms with Crippen LogP contribution < -0.4 is 0 Å². The molecular formula is C3H3I3O. The Morgan fingerprint density at radius 3 is 1.71 bits per heavy atom. The number of rotatable bonds is 1. The van der Waals surface area contributed by atoms with E-state index >= 15 is 0 Å². The molecule has 7 heavy (non-hydrogen) atoms. The first-order chi connectivity index (χ1) is 3.18. The van der Waals surface area contributed by atoms with Gasteiger partial charge in [0.05, 0.1) is 8.19 Å². The molecule has 4 heteroatoms. The van der Waals surface area contributed by atoms with Crippen LogP contribution in [0.3, 0.4) is 0 Å². The molecule has 0 atom stereocenters. The van der Waals surface area contributed by atoms with Crippen LogP contribution >= 0.6 is 67.8 Å². The van der Waals surface area contributed by atoms with E-state index in [1.807, 2.05) is 0 Å². The van der Waals surface area contributed by atoms with Gasteiger partial charge in [-0.05, 0) is 67.8 Å². The predicted molar refractivity (Wildman–Crippen MR) is 56.2 cm³/mol. The SMILES string of the molecule is OCC(I)=C(I)I. The average Bonchev–Trinajstić information content (AvgIpc) is 1.65. The molecule has 0 unspecified atom stereocenters. The monoisotopic (exact) mass is 436 g/mol. The van der Waals surface area contributed by atoms with Crippen LogP contribution in [0.2, 0.25) is 0 Å². The first-order valence-electron chi connectivity index (χ1n) is 1.49. The van der Waals surface area contributed by atoms with Gasteiger partial charge in [0, 0.05) is 3.58 Å². The molecule has 0 saturated carbocycles. The van der Waals surface area contributed by atoms with Gasteiger partial charge in [0.25, 0.3) is 0 Å². The van der Waals surface area contributed by atoms with E-state index < -0.39 is 0 Å². The Morgan fingerprint density at radius 2 is 1.71 bits per heavy atom. The molecule has 0 aromatic heterocycles. The van der Waals surface area contributed by atoms with Crippen molar-refractivity contribution in [2.75, 3.05) is 6.61 Å².